The summed E-state index contributed by atoms with van der Waals surface area (Å²) in [7, 11) is 0. The van der Waals surface area contributed by atoms with Crippen molar-refractivity contribution in [2.24, 2.45) is 0 Å². The Morgan fingerprint density at radius 1 is 0.886 bits per heavy atom. The first kappa shape index (κ1) is 24.0. The summed E-state index contributed by atoms with van der Waals surface area (Å²) < 4.78 is 6.23. The zero-order valence-corrected chi connectivity index (χ0v) is 19.3. The van der Waals surface area contributed by atoms with Crippen LogP contribution in [0, 0.1) is 0 Å². The number of fused-ring (bicyclic) bond motifs is 1. The van der Waals surface area contributed by atoms with Crippen molar-refractivity contribution < 1.29 is 19.8 Å². The maximum absolute atomic E-state index is 11.6. The molecule has 4 aromatic rings. The molecule has 178 valence electrons. The second-order valence-electron chi connectivity index (χ2n) is 8.22. The van der Waals surface area contributed by atoms with Crippen LogP contribution >= 0.6 is 0 Å². The van der Waals surface area contributed by atoms with Gasteiger partial charge in [0.05, 0.1) is 0 Å². The minimum atomic E-state index is -0.545. The molecular weight excluding hydrogens is 440 g/mol. The van der Waals surface area contributed by atoms with Gasteiger partial charge < -0.3 is 15.2 Å². The molecule has 0 aliphatic heterocycles. The molecule has 4 N–H and O–H groups in total. The Morgan fingerprint density at radius 3 is 2.40 bits per heavy atom. The molecule has 4 rings (SSSR count). The standard InChI is InChI=1S/C29H28N2O4/c32-26-14-10-21(11-15-26)16-17-30-19-23(18-22-8-12-25(13-9-22)29(33)31-34)20-35-28-7-3-5-24-4-1-2-6-27(24)28/h1-15,18,30,32,34H,16-17,19-20H2,(H,31,33)/b23-18-. The Labute approximate surface area is 204 Å². The molecule has 6 nitrogen and oxygen atoms in total. The lowest BCUT2D eigenvalue weighted by Gasteiger charge is -2.14. The molecule has 0 heterocycles. The lowest BCUT2D eigenvalue weighted by Crippen LogP contribution is -2.22. The number of ether oxygens (including phenoxy) is 1. The number of hydroxylamine groups is 1. The van der Waals surface area contributed by atoms with E-state index < -0.39 is 5.91 Å². The number of phenols is 1. The van der Waals surface area contributed by atoms with Gasteiger partial charge in [-0.25, -0.2) is 5.48 Å². The van der Waals surface area contributed by atoms with Crippen LogP contribution in [0.4, 0.5) is 0 Å². The molecule has 0 fully saturated rings. The van der Waals surface area contributed by atoms with E-state index in [9.17, 15) is 9.90 Å². The Balaban J connectivity index is 1.46. The van der Waals surface area contributed by atoms with Crippen molar-refractivity contribution in [3.8, 4) is 11.5 Å². The number of phenolic OH excluding ortho intramolecular Hbond substituents is 1. The van der Waals surface area contributed by atoms with E-state index in [0.29, 0.717) is 18.7 Å². The summed E-state index contributed by atoms with van der Waals surface area (Å²) in [6, 6.07) is 28.4. The van der Waals surface area contributed by atoms with Crippen LogP contribution < -0.4 is 15.5 Å². The third-order valence-electron chi connectivity index (χ3n) is 5.69. The number of benzene rings is 4. The fourth-order valence-corrected chi connectivity index (χ4v) is 3.81. The third-order valence-corrected chi connectivity index (χ3v) is 5.69. The zero-order valence-electron chi connectivity index (χ0n) is 19.3. The van der Waals surface area contributed by atoms with E-state index in [1.807, 2.05) is 54.6 Å². The van der Waals surface area contributed by atoms with Gasteiger partial charge in [0.15, 0.2) is 0 Å². The second-order valence-corrected chi connectivity index (χ2v) is 8.22. The van der Waals surface area contributed by atoms with Crippen molar-refractivity contribution >= 4 is 22.8 Å². The van der Waals surface area contributed by atoms with Gasteiger partial charge in [-0.2, -0.15) is 0 Å². The maximum Gasteiger partial charge on any atom is 0.274 e. The van der Waals surface area contributed by atoms with Crippen molar-refractivity contribution in [3.63, 3.8) is 0 Å². The summed E-state index contributed by atoms with van der Waals surface area (Å²) in [5, 5.41) is 23.9. The normalized spacial score (nSPS) is 11.4. The van der Waals surface area contributed by atoms with Gasteiger partial charge in [0.25, 0.3) is 5.91 Å². The van der Waals surface area contributed by atoms with E-state index in [2.05, 4.69) is 23.5 Å². The van der Waals surface area contributed by atoms with Crippen molar-refractivity contribution in [1.82, 2.24) is 10.8 Å². The fourth-order valence-electron chi connectivity index (χ4n) is 3.81. The topological polar surface area (TPSA) is 90.8 Å². The van der Waals surface area contributed by atoms with E-state index in [-0.39, 0.29) is 5.75 Å². The molecule has 0 aliphatic carbocycles. The molecule has 0 aliphatic rings. The number of carbonyl (C=O) groups is 1. The first-order valence-electron chi connectivity index (χ1n) is 11.5. The molecule has 0 radical (unpaired) electrons. The number of nitrogens with one attached hydrogen (secondary N) is 2. The van der Waals surface area contributed by atoms with E-state index >= 15 is 0 Å². The highest BCUT2D eigenvalue weighted by atomic mass is 16.5. The van der Waals surface area contributed by atoms with E-state index in [0.717, 1.165) is 46.2 Å². The minimum absolute atomic E-state index is 0.264. The highest BCUT2D eigenvalue weighted by Gasteiger charge is 2.06. The number of amides is 1. The fraction of sp³-hybridized carbons (Fsp3) is 0.138. The molecule has 0 unspecified atom stereocenters. The minimum Gasteiger partial charge on any atom is -0.508 e. The third kappa shape index (κ3) is 6.69. The van der Waals surface area contributed by atoms with Gasteiger partial charge in [-0.3, -0.25) is 10.0 Å². The van der Waals surface area contributed by atoms with Crippen LogP contribution in [0.5, 0.6) is 11.5 Å². The molecular formula is C29H28N2O4. The van der Waals surface area contributed by atoms with Crippen LogP contribution in [0.15, 0.2) is 96.6 Å². The molecule has 35 heavy (non-hydrogen) atoms. The van der Waals surface area contributed by atoms with Crippen molar-refractivity contribution in [3.05, 3.63) is 113 Å². The number of rotatable bonds is 10. The quantitative estimate of drug-likeness (QED) is 0.150. The first-order chi connectivity index (χ1) is 17.1. The summed E-state index contributed by atoms with van der Waals surface area (Å²) in [5.74, 6) is 0.545. The molecule has 4 aromatic carbocycles. The summed E-state index contributed by atoms with van der Waals surface area (Å²) in [6.07, 6.45) is 2.88. The molecule has 0 bridgehead atoms. The number of hydrogen-bond donors (Lipinski definition) is 4. The predicted octanol–water partition coefficient (Wildman–Crippen LogP) is 4.96. The Kier molecular flexibility index (Phi) is 8.12. The van der Waals surface area contributed by atoms with Gasteiger partial charge in [0.2, 0.25) is 0 Å². The van der Waals surface area contributed by atoms with Gasteiger partial charge in [-0.15, -0.1) is 0 Å². The van der Waals surface area contributed by atoms with Crippen LogP contribution in [-0.4, -0.2) is 35.9 Å². The van der Waals surface area contributed by atoms with Crippen LogP contribution in [0.2, 0.25) is 0 Å². The average molecular weight is 469 g/mol. The van der Waals surface area contributed by atoms with Gasteiger partial charge >= 0.3 is 0 Å². The number of carbonyl (C=O) groups excluding carboxylic acids is 1. The van der Waals surface area contributed by atoms with Crippen LogP contribution in [0.1, 0.15) is 21.5 Å². The number of hydrogen-bond acceptors (Lipinski definition) is 5. The molecule has 0 aromatic heterocycles. The van der Waals surface area contributed by atoms with Gasteiger partial charge in [-0.05, 0) is 65.4 Å². The highest BCUT2D eigenvalue weighted by Crippen LogP contribution is 2.25. The van der Waals surface area contributed by atoms with Crippen LogP contribution in [0.3, 0.4) is 0 Å². The summed E-state index contributed by atoms with van der Waals surface area (Å²) >= 11 is 0. The Bertz CT molecular complexity index is 1290. The first-order valence-corrected chi connectivity index (χ1v) is 11.5. The maximum atomic E-state index is 11.6. The molecule has 0 atom stereocenters. The lowest BCUT2D eigenvalue weighted by molar-refractivity contribution is 0.0706. The van der Waals surface area contributed by atoms with Crippen LogP contribution in [0.25, 0.3) is 16.8 Å². The predicted molar refractivity (Wildman–Crippen MR) is 138 cm³/mol. The van der Waals surface area contributed by atoms with Crippen molar-refractivity contribution in [1.29, 1.82) is 0 Å². The largest absolute Gasteiger partial charge is 0.508 e. The lowest BCUT2D eigenvalue weighted by atomic mass is 10.1. The summed E-state index contributed by atoms with van der Waals surface area (Å²) in [5.41, 5.74) is 5.14. The zero-order chi connectivity index (χ0) is 24.5. The molecule has 0 saturated carbocycles. The van der Waals surface area contributed by atoms with E-state index in [1.165, 1.54) is 0 Å². The number of aromatic hydroxyl groups is 1. The molecule has 0 saturated heterocycles. The molecule has 0 spiro atoms. The summed E-state index contributed by atoms with van der Waals surface area (Å²) in [4.78, 5) is 11.6. The molecule has 6 heteroatoms. The van der Waals surface area contributed by atoms with E-state index in [1.54, 1.807) is 29.7 Å². The van der Waals surface area contributed by atoms with Gasteiger partial charge in [0, 0.05) is 17.5 Å². The SMILES string of the molecule is O=C(NO)c1ccc(/C=C(/CNCCc2ccc(O)cc2)COc2cccc3ccccc23)cc1. The monoisotopic (exact) mass is 468 g/mol. The second kappa shape index (κ2) is 11.8. The van der Waals surface area contributed by atoms with Gasteiger partial charge in [0.1, 0.15) is 18.1 Å². The van der Waals surface area contributed by atoms with E-state index in [4.69, 9.17) is 9.94 Å². The molecule has 1 amide bonds. The Hall–Kier alpha value is -4.13. The van der Waals surface area contributed by atoms with Crippen molar-refractivity contribution in [2.75, 3.05) is 19.7 Å². The van der Waals surface area contributed by atoms with Gasteiger partial charge in [-0.1, -0.05) is 66.7 Å². The average Bonchev–Trinajstić information content (AvgIpc) is 2.90. The highest BCUT2D eigenvalue weighted by molar-refractivity contribution is 5.93. The summed E-state index contributed by atoms with van der Waals surface area (Å²) in [6.45, 7) is 1.80. The van der Waals surface area contributed by atoms with Crippen molar-refractivity contribution in [2.45, 2.75) is 6.42 Å². The van der Waals surface area contributed by atoms with Crippen LogP contribution in [-0.2, 0) is 6.42 Å². The smallest absolute Gasteiger partial charge is 0.274 e. The Morgan fingerprint density at radius 2 is 1.63 bits per heavy atom.